The second kappa shape index (κ2) is 10.2. The third kappa shape index (κ3) is 6.19. The summed E-state index contributed by atoms with van der Waals surface area (Å²) in [7, 11) is -3.46. The van der Waals surface area contributed by atoms with Gasteiger partial charge in [-0.05, 0) is 49.8 Å². The molecule has 1 aromatic carbocycles. The van der Waals surface area contributed by atoms with Gasteiger partial charge in [-0.15, -0.1) is 0 Å². The normalized spacial score (nSPS) is 16.8. The van der Waals surface area contributed by atoms with Gasteiger partial charge < -0.3 is 15.4 Å². The Morgan fingerprint density at radius 1 is 1.23 bits per heavy atom. The summed E-state index contributed by atoms with van der Waals surface area (Å²) < 4.78 is 31.9. The summed E-state index contributed by atoms with van der Waals surface area (Å²) in [5, 5.41) is 6.93. The van der Waals surface area contributed by atoms with Crippen molar-refractivity contribution in [3.05, 3.63) is 24.3 Å². The highest BCUT2D eigenvalue weighted by atomic mass is 32.2. The Hall–Kier alpha value is -1.22. The highest BCUT2D eigenvalue weighted by Crippen LogP contribution is 2.19. The van der Waals surface area contributed by atoms with Crippen LogP contribution >= 0.6 is 12.2 Å². The Morgan fingerprint density at radius 3 is 2.50 bits per heavy atom. The number of anilines is 1. The third-order valence-corrected chi connectivity index (χ3v) is 6.47. The van der Waals surface area contributed by atoms with Crippen molar-refractivity contribution in [2.45, 2.75) is 50.5 Å². The predicted molar refractivity (Wildman–Crippen MR) is 109 cm³/mol. The number of ether oxygens (including phenoxy) is 1. The summed E-state index contributed by atoms with van der Waals surface area (Å²) in [6.45, 7) is 5.97. The van der Waals surface area contributed by atoms with Crippen LogP contribution in [-0.4, -0.2) is 50.2 Å². The number of morpholine rings is 1. The van der Waals surface area contributed by atoms with E-state index in [1.54, 1.807) is 24.3 Å². The quantitative estimate of drug-likeness (QED) is 0.517. The highest BCUT2D eigenvalue weighted by Gasteiger charge is 2.26. The minimum atomic E-state index is -3.46. The van der Waals surface area contributed by atoms with Crippen LogP contribution in [0.15, 0.2) is 29.2 Å². The fourth-order valence-corrected chi connectivity index (χ4v) is 4.54. The molecule has 8 heteroatoms. The van der Waals surface area contributed by atoms with E-state index in [9.17, 15) is 8.42 Å². The molecule has 1 saturated heterocycles. The summed E-state index contributed by atoms with van der Waals surface area (Å²) in [5.74, 6) is 0. The van der Waals surface area contributed by atoms with Crippen LogP contribution in [-0.2, 0) is 14.8 Å². The second-order valence-corrected chi connectivity index (χ2v) is 8.88. The average Bonchev–Trinajstić information content (AvgIpc) is 2.63. The number of nitrogens with zero attached hydrogens (tertiary/aromatic N) is 1. The Labute approximate surface area is 162 Å². The van der Waals surface area contributed by atoms with Crippen LogP contribution in [0.2, 0.25) is 0 Å². The summed E-state index contributed by atoms with van der Waals surface area (Å²) in [5.41, 5.74) is 0.768. The van der Waals surface area contributed by atoms with Crippen LogP contribution in [0.4, 0.5) is 5.69 Å². The lowest BCUT2D eigenvalue weighted by Crippen LogP contribution is -2.40. The number of hydrogen-bond donors (Lipinski definition) is 2. The van der Waals surface area contributed by atoms with Gasteiger partial charge in [0.05, 0.1) is 18.1 Å². The lowest BCUT2D eigenvalue weighted by Gasteiger charge is -2.26. The van der Waals surface area contributed by atoms with Gasteiger partial charge in [0.15, 0.2) is 5.11 Å². The summed E-state index contributed by atoms with van der Waals surface area (Å²) in [6, 6.07) is 7.01. The minimum absolute atomic E-state index is 0.289. The highest BCUT2D eigenvalue weighted by molar-refractivity contribution is 7.89. The van der Waals surface area contributed by atoms with E-state index in [1.807, 2.05) is 0 Å². The first-order chi connectivity index (χ1) is 12.4. The predicted octanol–water partition coefficient (Wildman–Crippen LogP) is 2.96. The monoisotopic (exact) mass is 399 g/mol. The van der Waals surface area contributed by atoms with Gasteiger partial charge in [-0.1, -0.05) is 26.2 Å². The van der Waals surface area contributed by atoms with Gasteiger partial charge >= 0.3 is 0 Å². The molecule has 1 aromatic rings. The standard InChI is InChI=1S/C18H29N3O3S2/c1-3-4-5-6-15(2)19-18(25)20-16-7-9-17(10-8-16)26(22,23)21-11-13-24-14-12-21/h7-10,15H,3-6,11-14H2,1-2H3,(H2,19,20,25)/t15-/m0/s1. The fraction of sp³-hybridized carbons (Fsp3) is 0.611. The molecule has 0 aliphatic carbocycles. The fourth-order valence-electron chi connectivity index (χ4n) is 2.81. The van der Waals surface area contributed by atoms with Crippen LogP contribution in [0.1, 0.15) is 39.5 Å². The van der Waals surface area contributed by atoms with E-state index < -0.39 is 10.0 Å². The smallest absolute Gasteiger partial charge is 0.243 e. The molecule has 0 radical (unpaired) electrons. The van der Waals surface area contributed by atoms with Crippen molar-refractivity contribution in [2.24, 2.45) is 0 Å². The summed E-state index contributed by atoms with van der Waals surface area (Å²) in [6.07, 6.45) is 4.69. The molecule has 1 atom stereocenters. The lowest BCUT2D eigenvalue weighted by atomic mass is 10.1. The van der Waals surface area contributed by atoms with E-state index in [0.29, 0.717) is 37.5 Å². The van der Waals surface area contributed by atoms with Crippen molar-refractivity contribution >= 4 is 33.0 Å². The largest absolute Gasteiger partial charge is 0.379 e. The maximum atomic E-state index is 12.6. The first kappa shape index (κ1) is 21.1. The van der Waals surface area contributed by atoms with Crippen LogP contribution < -0.4 is 10.6 Å². The zero-order valence-corrected chi connectivity index (χ0v) is 17.2. The maximum absolute atomic E-state index is 12.6. The second-order valence-electron chi connectivity index (χ2n) is 6.54. The maximum Gasteiger partial charge on any atom is 0.243 e. The Bertz CT molecular complexity index is 671. The molecule has 2 rings (SSSR count). The summed E-state index contributed by atoms with van der Waals surface area (Å²) in [4.78, 5) is 0.289. The molecule has 6 nitrogen and oxygen atoms in total. The Morgan fingerprint density at radius 2 is 1.88 bits per heavy atom. The zero-order chi connectivity index (χ0) is 19.0. The molecule has 2 N–H and O–H groups in total. The van der Waals surface area contributed by atoms with Crippen LogP contribution in [0.5, 0.6) is 0 Å². The van der Waals surface area contributed by atoms with Crippen molar-refractivity contribution in [3.8, 4) is 0 Å². The number of thiocarbonyl (C=S) groups is 1. The van der Waals surface area contributed by atoms with Crippen molar-refractivity contribution in [2.75, 3.05) is 31.6 Å². The van der Waals surface area contributed by atoms with E-state index in [0.717, 1.165) is 12.1 Å². The number of benzene rings is 1. The van der Waals surface area contributed by atoms with E-state index in [4.69, 9.17) is 17.0 Å². The van der Waals surface area contributed by atoms with Crippen molar-refractivity contribution < 1.29 is 13.2 Å². The number of sulfonamides is 1. The summed E-state index contributed by atoms with van der Waals surface area (Å²) >= 11 is 5.34. The molecule has 1 fully saturated rings. The number of rotatable bonds is 8. The molecule has 0 amide bonds. The Kier molecular flexibility index (Phi) is 8.27. The number of hydrogen-bond acceptors (Lipinski definition) is 4. The van der Waals surface area contributed by atoms with E-state index in [2.05, 4.69) is 24.5 Å². The molecule has 1 aliphatic rings. The van der Waals surface area contributed by atoms with Gasteiger partial charge in [0.25, 0.3) is 0 Å². The van der Waals surface area contributed by atoms with Gasteiger partial charge in [-0.3, -0.25) is 0 Å². The van der Waals surface area contributed by atoms with E-state index in [-0.39, 0.29) is 4.90 Å². The third-order valence-electron chi connectivity index (χ3n) is 4.34. The first-order valence-electron chi connectivity index (χ1n) is 9.19. The molecular weight excluding hydrogens is 370 g/mol. The lowest BCUT2D eigenvalue weighted by molar-refractivity contribution is 0.0730. The first-order valence-corrected chi connectivity index (χ1v) is 11.0. The molecule has 0 aromatic heterocycles. The molecular formula is C18H29N3O3S2. The molecule has 0 saturated carbocycles. The van der Waals surface area contributed by atoms with E-state index >= 15 is 0 Å². The number of unbranched alkanes of at least 4 members (excludes halogenated alkanes) is 2. The van der Waals surface area contributed by atoms with Gasteiger partial charge in [-0.25, -0.2) is 8.42 Å². The molecule has 146 valence electrons. The molecule has 0 spiro atoms. The SMILES string of the molecule is CCCCC[C@H](C)NC(=S)Nc1ccc(S(=O)(=O)N2CCOCC2)cc1. The van der Waals surface area contributed by atoms with Gasteiger partial charge in [0.2, 0.25) is 10.0 Å². The molecule has 1 heterocycles. The minimum Gasteiger partial charge on any atom is -0.379 e. The molecule has 26 heavy (non-hydrogen) atoms. The van der Waals surface area contributed by atoms with Crippen molar-refractivity contribution in [3.63, 3.8) is 0 Å². The van der Waals surface area contributed by atoms with Crippen LogP contribution in [0.3, 0.4) is 0 Å². The molecule has 0 bridgehead atoms. The topological polar surface area (TPSA) is 70.7 Å². The van der Waals surface area contributed by atoms with Crippen molar-refractivity contribution in [1.29, 1.82) is 0 Å². The van der Waals surface area contributed by atoms with Gasteiger partial charge in [0, 0.05) is 24.8 Å². The van der Waals surface area contributed by atoms with Gasteiger partial charge in [-0.2, -0.15) is 4.31 Å². The number of nitrogens with one attached hydrogen (secondary N) is 2. The zero-order valence-electron chi connectivity index (χ0n) is 15.5. The molecule has 0 unspecified atom stereocenters. The van der Waals surface area contributed by atoms with Gasteiger partial charge in [0.1, 0.15) is 0 Å². The van der Waals surface area contributed by atoms with Crippen LogP contribution in [0.25, 0.3) is 0 Å². The Balaban J connectivity index is 1.89. The molecule has 1 aliphatic heterocycles. The average molecular weight is 400 g/mol. The van der Waals surface area contributed by atoms with Crippen molar-refractivity contribution in [1.82, 2.24) is 9.62 Å². The van der Waals surface area contributed by atoms with Crippen LogP contribution in [0, 0.1) is 0 Å². The van der Waals surface area contributed by atoms with E-state index in [1.165, 1.54) is 23.6 Å².